The zero-order valence-electron chi connectivity index (χ0n) is 12.3. The molecule has 0 heterocycles. The first kappa shape index (κ1) is 16.0. The average Bonchev–Trinajstić information content (AvgIpc) is 2.47. The summed E-state index contributed by atoms with van der Waals surface area (Å²) in [4.78, 5) is 11.8. The van der Waals surface area contributed by atoms with E-state index in [9.17, 15) is 4.79 Å². The zero-order valence-corrected chi connectivity index (χ0v) is 12.3. The number of hydrogen-bond acceptors (Lipinski definition) is 2. The van der Waals surface area contributed by atoms with E-state index in [0.717, 1.165) is 29.5 Å². The summed E-state index contributed by atoms with van der Waals surface area (Å²) in [6.07, 6.45) is 7.30. The first-order valence-corrected chi connectivity index (χ1v) is 6.86. The Morgan fingerprint density at radius 2 is 2.00 bits per heavy atom. The SMILES string of the molecule is C=Cc1ccc(/C=C(\C)C(=O)OCCCC)c(C=C)c1. The van der Waals surface area contributed by atoms with Crippen molar-refractivity contribution in [3.63, 3.8) is 0 Å². The topological polar surface area (TPSA) is 26.3 Å². The minimum absolute atomic E-state index is 0.263. The second kappa shape index (κ2) is 8.16. The molecule has 0 spiro atoms. The van der Waals surface area contributed by atoms with Gasteiger partial charge in [-0.3, -0.25) is 0 Å². The highest BCUT2D eigenvalue weighted by Gasteiger charge is 2.06. The maximum Gasteiger partial charge on any atom is 0.333 e. The van der Waals surface area contributed by atoms with Gasteiger partial charge in [0.25, 0.3) is 0 Å². The van der Waals surface area contributed by atoms with Gasteiger partial charge in [0.15, 0.2) is 0 Å². The van der Waals surface area contributed by atoms with Crippen molar-refractivity contribution in [2.24, 2.45) is 0 Å². The van der Waals surface area contributed by atoms with Crippen LogP contribution in [0.15, 0.2) is 36.9 Å². The van der Waals surface area contributed by atoms with E-state index in [-0.39, 0.29) is 5.97 Å². The van der Waals surface area contributed by atoms with Crippen molar-refractivity contribution in [2.45, 2.75) is 26.7 Å². The van der Waals surface area contributed by atoms with Crippen molar-refractivity contribution in [3.05, 3.63) is 53.6 Å². The highest BCUT2D eigenvalue weighted by Crippen LogP contribution is 2.18. The minimum atomic E-state index is -0.263. The summed E-state index contributed by atoms with van der Waals surface area (Å²) in [5.74, 6) is -0.263. The first-order chi connectivity index (χ1) is 9.62. The molecule has 0 aliphatic rings. The predicted molar refractivity (Wildman–Crippen MR) is 86.1 cm³/mol. The van der Waals surface area contributed by atoms with Gasteiger partial charge < -0.3 is 4.74 Å². The third-order valence-corrected chi connectivity index (χ3v) is 2.99. The maximum atomic E-state index is 11.8. The molecule has 0 fully saturated rings. The van der Waals surface area contributed by atoms with Crippen LogP contribution in [-0.4, -0.2) is 12.6 Å². The Kier molecular flexibility index (Phi) is 6.51. The van der Waals surface area contributed by atoms with Crippen molar-refractivity contribution in [1.82, 2.24) is 0 Å². The molecule has 0 saturated carbocycles. The summed E-state index contributed by atoms with van der Waals surface area (Å²) >= 11 is 0. The molecule has 106 valence electrons. The largest absolute Gasteiger partial charge is 0.462 e. The van der Waals surface area contributed by atoms with Crippen LogP contribution in [0.25, 0.3) is 18.2 Å². The van der Waals surface area contributed by atoms with Crippen LogP contribution in [0.3, 0.4) is 0 Å². The summed E-state index contributed by atoms with van der Waals surface area (Å²) in [6, 6.07) is 5.90. The van der Waals surface area contributed by atoms with E-state index in [2.05, 4.69) is 20.1 Å². The minimum Gasteiger partial charge on any atom is -0.462 e. The molecule has 0 amide bonds. The summed E-state index contributed by atoms with van der Waals surface area (Å²) in [5.41, 5.74) is 3.55. The predicted octanol–water partition coefficient (Wildman–Crippen LogP) is 4.72. The standard InChI is InChI=1S/C18H22O2/c1-5-8-11-20-18(19)14(4)12-17-10-9-15(6-2)13-16(17)7-3/h6-7,9-10,12-13H,2-3,5,8,11H2,1,4H3/b14-12+. The lowest BCUT2D eigenvalue weighted by Crippen LogP contribution is -2.06. The fraction of sp³-hybridized carbons (Fsp3) is 0.278. The smallest absolute Gasteiger partial charge is 0.333 e. The third-order valence-electron chi connectivity index (χ3n) is 2.99. The molecule has 0 aromatic heterocycles. The Bertz CT molecular complexity index is 524. The molecule has 2 heteroatoms. The van der Waals surface area contributed by atoms with E-state index in [1.165, 1.54) is 0 Å². The molecular formula is C18H22O2. The van der Waals surface area contributed by atoms with E-state index in [1.54, 1.807) is 19.1 Å². The fourth-order valence-corrected chi connectivity index (χ4v) is 1.74. The van der Waals surface area contributed by atoms with Gasteiger partial charge in [-0.15, -0.1) is 0 Å². The quantitative estimate of drug-likeness (QED) is 0.407. The van der Waals surface area contributed by atoms with Gasteiger partial charge in [-0.05, 0) is 42.2 Å². The second-order valence-corrected chi connectivity index (χ2v) is 4.61. The van der Waals surface area contributed by atoms with Crippen molar-refractivity contribution in [1.29, 1.82) is 0 Å². The van der Waals surface area contributed by atoms with Crippen molar-refractivity contribution in [3.8, 4) is 0 Å². The summed E-state index contributed by atoms with van der Waals surface area (Å²) in [6.45, 7) is 11.8. The lowest BCUT2D eigenvalue weighted by molar-refractivity contribution is -0.138. The van der Waals surface area contributed by atoms with Gasteiger partial charge in [0.05, 0.1) is 6.61 Å². The van der Waals surface area contributed by atoms with Gasteiger partial charge in [-0.25, -0.2) is 4.79 Å². The highest BCUT2D eigenvalue weighted by molar-refractivity contribution is 5.93. The lowest BCUT2D eigenvalue weighted by atomic mass is 10.0. The normalized spacial score (nSPS) is 11.0. The molecule has 0 bridgehead atoms. The van der Waals surface area contributed by atoms with Gasteiger partial charge in [0.2, 0.25) is 0 Å². The molecule has 2 nitrogen and oxygen atoms in total. The van der Waals surface area contributed by atoms with Crippen LogP contribution in [0.1, 0.15) is 43.4 Å². The fourth-order valence-electron chi connectivity index (χ4n) is 1.74. The molecule has 0 aliphatic carbocycles. The van der Waals surface area contributed by atoms with Crippen molar-refractivity contribution in [2.75, 3.05) is 6.61 Å². The molecule has 0 saturated heterocycles. The van der Waals surface area contributed by atoms with Gasteiger partial charge in [0.1, 0.15) is 0 Å². The average molecular weight is 270 g/mol. The molecular weight excluding hydrogens is 248 g/mol. The summed E-state index contributed by atoms with van der Waals surface area (Å²) in [7, 11) is 0. The van der Waals surface area contributed by atoms with E-state index >= 15 is 0 Å². The Morgan fingerprint density at radius 3 is 2.60 bits per heavy atom. The number of ether oxygens (including phenoxy) is 1. The van der Waals surface area contributed by atoms with E-state index in [0.29, 0.717) is 12.2 Å². The van der Waals surface area contributed by atoms with Crippen molar-refractivity contribution >= 4 is 24.2 Å². The van der Waals surface area contributed by atoms with Gasteiger partial charge in [-0.2, -0.15) is 0 Å². The second-order valence-electron chi connectivity index (χ2n) is 4.61. The van der Waals surface area contributed by atoms with Crippen LogP contribution in [0.2, 0.25) is 0 Å². The van der Waals surface area contributed by atoms with Crippen LogP contribution < -0.4 is 0 Å². The number of unbranched alkanes of at least 4 members (excludes halogenated alkanes) is 1. The van der Waals surface area contributed by atoms with Crippen LogP contribution >= 0.6 is 0 Å². The van der Waals surface area contributed by atoms with Crippen molar-refractivity contribution < 1.29 is 9.53 Å². The Balaban J connectivity index is 2.89. The van der Waals surface area contributed by atoms with Gasteiger partial charge in [-0.1, -0.05) is 50.8 Å². The van der Waals surface area contributed by atoms with E-state index in [1.807, 2.05) is 24.3 Å². The molecule has 1 aromatic carbocycles. The molecule has 0 N–H and O–H groups in total. The summed E-state index contributed by atoms with van der Waals surface area (Å²) in [5, 5.41) is 0. The molecule has 1 aromatic rings. The monoisotopic (exact) mass is 270 g/mol. The number of carbonyl (C=O) groups excluding carboxylic acids is 1. The van der Waals surface area contributed by atoms with Gasteiger partial charge >= 0.3 is 5.97 Å². The maximum absolute atomic E-state index is 11.8. The molecule has 1 rings (SSSR count). The number of carbonyl (C=O) groups is 1. The van der Waals surface area contributed by atoms with Crippen LogP contribution in [0.4, 0.5) is 0 Å². The molecule has 0 radical (unpaired) electrons. The number of hydrogen-bond donors (Lipinski definition) is 0. The summed E-state index contributed by atoms with van der Waals surface area (Å²) < 4.78 is 5.19. The van der Waals surface area contributed by atoms with Crippen LogP contribution in [0.5, 0.6) is 0 Å². The van der Waals surface area contributed by atoms with Gasteiger partial charge in [0, 0.05) is 5.57 Å². The molecule has 0 unspecified atom stereocenters. The lowest BCUT2D eigenvalue weighted by Gasteiger charge is -2.06. The van der Waals surface area contributed by atoms with E-state index in [4.69, 9.17) is 4.74 Å². The molecule has 20 heavy (non-hydrogen) atoms. The molecule has 0 aliphatic heterocycles. The number of benzene rings is 1. The van der Waals surface area contributed by atoms with Crippen LogP contribution in [-0.2, 0) is 9.53 Å². The number of esters is 1. The van der Waals surface area contributed by atoms with Crippen LogP contribution in [0, 0.1) is 0 Å². The highest BCUT2D eigenvalue weighted by atomic mass is 16.5. The third kappa shape index (κ3) is 4.54. The Labute approximate surface area is 121 Å². The van der Waals surface area contributed by atoms with E-state index < -0.39 is 0 Å². The Morgan fingerprint density at radius 1 is 1.25 bits per heavy atom. The first-order valence-electron chi connectivity index (χ1n) is 6.86. The zero-order chi connectivity index (χ0) is 15.0. The molecule has 0 atom stereocenters. The Hall–Kier alpha value is -2.09. The number of rotatable bonds is 7.